The fraction of sp³-hybridized carbons (Fsp3) is 0.0602. The average molecular weight is 1140 g/mol. The molecule has 2 aromatic heterocycles. The summed E-state index contributed by atoms with van der Waals surface area (Å²) in [6.07, 6.45) is 0.558. The monoisotopic (exact) mass is 1140 g/mol. The lowest BCUT2D eigenvalue weighted by Gasteiger charge is -2.45. The van der Waals surface area contributed by atoms with Crippen molar-refractivity contribution in [2.24, 2.45) is 5.41 Å². The highest BCUT2D eigenvalue weighted by atomic mass is 15.2. The number of anilines is 6. The molecule has 2 aliphatic rings. The quantitative estimate of drug-likeness (QED) is 0.134. The Morgan fingerprint density at radius 2 is 0.682 bits per heavy atom. The van der Waals surface area contributed by atoms with Crippen LogP contribution in [-0.2, 0) is 6.42 Å². The van der Waals surface area contributed by atoms with Gasteiger partial charge in [-0.25, -0.2) is 0 Å². The molecule has 17 rings (SSSR count). The van der Waals surface area contributed by atoms with Gasteiger partial charge in [0.25, 0.3) is 6.71 Å². The molecular formula is C83H61BN4. The van der Waals surface area contributed by atoms with Crippen LogP contribution in [0.4, 0.5) is 34.1 Å². The van der Waals surface area contributed by atoms with Crippen molar-refractivity contribution in [1.29, 1.82) is 0 Å². The van der Waals surface area contributed by atoms with Crippen molar-refractivity contribution in [1.82, 2.24) is 9.13 Å². The number of hydrogen-bond donors (Lipinski definition) is 0. The summed E-state index contributed by atoms with van der Waals surface area (Å²) < 4.78 is 152. The standard InChI is InChI=1S/C83H61BN4/c1-83(2,3)54-55-48-80-82-81(49-55)88(77-51-61(57-26-10-5-11-27-57)41-45-65(77)59-30-14-7-15-31-59)79-53-63(86-74-38-22-18-34-68(74)69-35-19-23-39-75(69)86)43-47-71(79)84(82)70-46-42-62(85-72-36-20-16-32-66(72)67-33-17-21-37-73(67)85)52-78(70)87(80)76-50-60(56-24-8-4-9-25-56)40-44-64(76)58-28-12-6-13-29-58/h4-53H,54H2,1-3H3/i16D,17D,18D,19D,20D,21D,22D,23D,32D,33D,34D,35D,36D,37D,38D,39D. The maximum absolute atomic E-state index is 9.70. The Balaban J connectivity index is 1.07. The Kier molecular flexibility index (Phi) is 8.70. The van der Waals surface area contributed by atoms with Crippen molar-refractivity contribution in [3.63, 3.8) is 0 Å². The molecule has 5 heteroatoms. The molecule has 0 unspecified atom stereocenters. The molecule has 88 heavy (non-hydrogen) atoms. The molecule has 0 saturated heterocycles. The number of fused-ring (bicyclic) bond motifs is 10. The van der Waals surface area contributed by atoms with Crippen molar-refractivity contribution < 1.29 is 21.9 Å². The highest BCUT2D eigenvalue weighted by Gasteiger charge is 2.45. The molecule has 15 aromatic rings. The van der Waals surface area contributed by atoms with Gasteiger partial charge in [-0.15, -0.1) is 0 Å². The van der Waals surface area contributed by atoms with E-state index in [4.69, 9.17) is 11.0 Å². The lowest BCUT2D eigenvalue weighted by atomic mass is 9.33. The predicted octanol–water partition coefficient (Wildman–Crippen LogP) is 20.2. The zero-order valence-electron chi connectivity index (χ0n) is 64.2. The molecule has 13 aromatic carbocycles. The van der Waals surface area contributed by atoms with Crippen LogP contribution < -0.4 is 26.2 Å². The van der Waals surface area contributed by atoms with Crippen molar-refractivity contribution >= 4 is 101 Å². The number of rotatable bonds is 9. The maximum Gasteiger partial charge on any atom is 0.252 e. The molecule has 0 spiro atoms. The van der Waals surface area contributed by atoms with E-state index in [2.05, 4.69) is 128 Å². The molecule has 0 bridgehead atoms. The molecule has 2 aliphatic heterocycles. The van der Waals surface area contributed by atoms with Crippen LogP contribution in [0.5, 0.6) is 0 Å². The number of para-hydroxylation sites is 4. The van der Waals surface area contributed by atoms with Crippen molar-refractivity contribution in [3.8, 4) is 55.9 Å². The Morgan fingerprint density at radius 1 is 0.330 bits per heavy atom. The van der Waals surface area contributed by atoms with Gasteiger partial charge in [0.2, 0.25) is 0 Å². The summed E-state index contributed by atoms with van der Waals surface area (Å²) in [6.45, 7) is 5.88. The second-order valence-corrected chi connectivity index (χ2v) is 23.9. The van der Waals surface area contributed by atoms with Crippen molar-refractivity contribution in [2.75, 3.05) is 9.80 Å². The minimum absolute atomic E-state index is 0.0376. The highest BCUT2D eigenvalue weighted by Crippen LogP contribution is 2.51. The highest BCUT2D eigenvalue weighted by molar-refractivity contribution is 7.00. The second-order valence-electron chi connectivity index (χ2n) is 23.9. The van der Waals surface area contributed by atoms with Crippen LogP contribution in [0.25, 0.3) is 99.5 Å². The molecule has 0 amide bonds. The van der Waals surface area contributed by atoms with Gasteiger partial charge in [-0.1, -0.05) is 251 Å². The Hall–Kier alpha value is -10.9. The van der Waals surface area contributed by atoms with Gasteiger partial charge in [-0.2, -0.15) is 0 Å². The zero-order chi connectivity index (χ0) is 72.5. The number of hydrogen-bond acceptors (Lipinski definition) is 2. The van der Waals surface area contributed by atoms with Crippen molar-refractivity contribution in [3.05, 3.63) is 308 Å². The third-order valence-corrected chi connectivity index (χ3v) is 17.3. The summed E-state index contributed by atoms with van der Waals surface area (Å²) in [5, 5.41) is -0.244. The van der Waals surface area contributed by atoms with Gasteiger partial charge < -0.3 is 18.9 Å². The molecule has 0 atom stereocenters. The largest absolute Gasteiger partial charge is 0.311 e. The van der Waals surface area contributed by atoms with E-state index in [1.807, 2.05) is 109 Å². The van der Waals surface area contributed by atoms with Gasteiger partial charge in [0, 0.05) is 66.8 Å². The van der Waals surface area contributed by atoms with Gasteiger partial charge in [0.1, 0.15) is 0 Å². The molecule has 0 radical (unpaired) electrons. The summed E-state index contributed by atoms with van der Waals surface area (Å²) >= 11 is 0. The normalized spacial score (nSPS) is 15.2. The first-order valence-corrected chi connectivity index (χ1v) is 29.5. The molecule has 0 saturated carbocycles. The van der Waals surface area contributed by atoms with Gasteiger partial charge >= 0.3 is 0 Å². The van der Waals surface area contributed by atoms with Crippen LogP contribution in [0, 0.1) is 5.41 Å². The van der Waals surface area contributed by atoms with Crippen LogP contribution in [0.2, 0.25) is 0 Å². The zero-order valence-corrected chi connectivity index (χ0v) is 48.2. The van der Waals surface area contributed by atoms with Crippen LogP contribution in [0.1, 0.15) is 48.3 Å². The first kappa shape index (κ1) is 37.5. The molecule has 0 fully saturated rings. The summed E-state index contributed by atoms with van der Waals surface area (Å²) in [5.74, 6) is 0. The molecule has 416 valence electrons. The SMILES string of the molecule is [2H]c1c([2H])c([2H])c2c(c1[2H])c1c([2H])c([2H])c([2H])c([2H])c1n2-c1ccc2c(c1)N(c1cc(-c3ccccc3)ccc1-c1ccccc1)c1cc(CC(C)(C)C)cc3c1B2c1ccc(-n2c4c([2H])c([2H])c([2H])c([2H])c4c4c([2H])c([2H])c([2H])c([2H])c42)cc1N3c1cc(-c2ccccc2)ccc1-c1ccccc1. The third kappa shape index (κ3) is 8.37. The van der Waals surface area contributed by atoms with E-state index in [0.717, 1.165) is 89.2 Å². The Bertz CT molecular complexity index is 5700. The third-order valence-electron chi connectivity index (χ3n) is 17.3. The number of benzene rings is 13. The molecular weight excluding hydrogens is 1060 g/mol. The molecule has 0 aliphatic carbocycles. The first-order chi connectivity index (χ1) is 49.9. The van der Waals surface area contributed by atoms with Crippen LogP contribution in [0.15, 0.2) is 303 Å². The Labute approximate surface area is 536 Å². The second kappa shape index (κ2) is 20.4. The van der Waals surface area contributed by atoms with E-state index < -0.39 is 103 Å². The van der Waals surface area contributed by atoms with Gasteiger partial charge in [-0.05, 0) is 140 Å². The fourth-order valence-electron chi connectivity index (χ4n) is 13.7. The maximum atomic E-state index is 9.70. The van der Waals surface area contributed by atoms with E-state index in [1.54, 1.807) is 9.13 Å². The van der Waals surface area contributed by atoms with E-state index in [1.165, 1.54) is 0 Å². The van der Waals surface area contributed by atoms with Crippen LogP contribution in [0.3, 0.4) is 0 Å². The van der Waals surface area contributed by atoms with Crippen molar-refractivity contribution in [2.45, 2.75) is 27.2 Å². The van der Waals surface area contributed by atoms with E-state index in [9.17, 15) is 11.0 Å². The molecule has 0 N–H and O–H groups in total. The smallest absolute Gasteiger partial charge is 0.252 e. The van der Waals surface area contributed by atoms with Crippen LogP contribution in [-0.4, -0.2) is 15.8 Å². The molecule has 4 heterocycles. The van der Waals surface area contributed by atoms with E-state index >= 15 is 0 Å². The lowest BCUT2D eigenvalue weighted by molar-refractivity contribution is 0.411. The predicted molar refractivity (Wildman–Crippen MR) is 374 cm³/mol. The van der Waals surface area contributed by atoms with Gasteiger partial charge in [-0.3, -0.25) is 0 Å². The first-order valence-electron chi connectivity index (χ1n) is 37.5. The fourth-order valence-corrected chi connectivity index (χ4v) is 13.7. The average Bonchev–Trinajstić information content (AvgIpc) is 1.24. The van der Waals surface area contributed by atoms with Crippen LogP contribution >= 0.6 is 0 Å². The minimum atomic E-state index is -0.695. The van der Waals surface area contributed by atoms with Gasteiger partial charge in [0.05, 0.1) is 55.4 Å². The van der Waals surface area contributed by atoms with E-state index in [0.29, 0.717) is 29.2 Å². The topological polar surface area (TPSA) is 16.3 Å². The summed E-state index contributed by atoms with van der Waals surface area (Å²) in [5.41, 5.74) is 15.1. The number of nitrogens with zero attached hydrogens (tertiary/aromatic N) is 4. The Morgan fingerprint density at radius 3 is 1.05 bits per heavy atom. The summed E-state index contributed by atoms with van der Waals surface area (Å²) in [7, 11) is 0. The van der Waals surface area contributed by atoms with E-state index in [-0.39, 0.29) is 49.0 Å². The number of aromatic nitrogens is 2. The summed E-state index contributed by atoms with van der Waals surface area (Å²) in [6, 6.07) is 61.4. The lowest BCUT2D eigenvalue weighted by Crippen LogP contribution is -2.61. The van der Waals surface area contributed by atoms with Gasteiger partial charge in [0.15, 0.2) is 0 Å². The molecule has 4 nitrogen and oxygen atoms in total. The minimum Gasteiger partial charge on any atom is -0.311 e. The summed E-state index contributed by atoms with van der Waals surface area (Å²) in [4.78, 5) is 4.56.